The number of methoxy groups -OCH3 is 2. The molecule has 0 aliphatic heterocycles. The van der Waals surface area contributed by atoms with E-state index in [0.29, 0.717) is 11.5 Å². The molecule has 3 saturated carbocycles. The molecule has 0 unspecified atom stereocenters. The van der Waals surface area contributed by atoms with Gasteiger partial charge in [-0.1, -0.05) is 45.4 Å². The van der Waals surface area contributed by atoms with E-state index in [-0.39, 0.29) is 28.0 Å². The van der Waals surface area contributed by atoms with Gasteiger partial charge in [-0.3, -0.25) is 9.59 Å². The molecule has 192 valence electrons. The van der Waals surface area contributed by atoms with Crippen LogP contribution in [0.4, 0.5) is 0 Å². The van der Waals surface area contributed by atoms with Gasteiger partial charge in [-0.05, 0) is 86.5 Å². The fourth-order valence-corrected chi connectivity index (χ4v) is 8.53. The minimum absolute atomic E-state index is 0.0149. The maximum Gasteiger partial charge on any atom is 0.330 e. The Kier molecular flexibility index (Phi) is 6.05. The van der Waals surface area contributed by atoms with Crippen molar-refractivity contribution in [3.05, 3.63) is 34.9 Å². The largest absolute Gasteiger partial charge is 0.469 e. The number of rotatable bonds is 3. The van der Waals surface area contributed by atoms with Gasteiger partial charge < -0.3 is 9.47 Å². The Labute approximate surface area is 210 Å². The fourth-order valence-electron chi connectivity index (χ4n) is 8.53. The van der Waals surface area contributed by atoms with Crippen LogP contribution in [0.3, 0.4) is 0 Å². The first kappa shape index (κ1) is 25.9. The van der Waals surface area contributed by atoms with Crippen LogP contribution in [-0.4, -0.2) is 31.9 Å². The highest BCUT2D eigenvalue weighted by Crippen LogP contribution is 2.75. The summed E-state index contributed by atoms with van der Waals surface area (Å²) < 4.78 is 10.2. The molecule has 0 aromatic heterocycles. The molecule has 0 N–H and O–H groups in total. The molecule has 6 atom stereocenters. The zero-order valence-corrected chi connectivity index (χ0v) is 22.8. The third-order valence-corrected chi connectivity index (χ3v) is 11.1. The molecule has 5 nitrogen and oxygen atoms in total. The SMILES string of the molecule is COC(=O)C=C1C(C(C)=O)=CC=C2[C@@]1(C)CC[C@@]1(C)[C@@H]3C[C@](C)(C(=O)OC)CC[C@]3(C)CC[C@]21C. The fraction of sp³-hybridized carbons (Fsp3) is 0.700. The summed E-state index contributed by atoms with van der Waals surface area (Å²) in [4.78, 5) is 37.8. The van der Waals surface area contributed by atoms with Gasteiger partial charge in [0.15, 0.2) is 5.78 Å². The number of allylic oxidation sites excluding steroid dienone is 5. The number of carbonyl (C=O) groups excluding carboxylic acids is 3. The molecule has 35 heavy (non-hydrogen) atoms. The van der Waals surface area contributed by atoms with Crippen molar-refractivity contribution in [1.82, 2.24) is 0 Å². The summed E-state index contributed by atoms with van der Waals surface area (Å²) in [6, 6.07) is 0. The van der Waals surface area contributed by atoms with E-state index in [1.807, 2.05) is 6.08 Å². The number of carbonyl (C=O) groups is 3. The Hall–Kier alpha value is -2.17. The molecule has 4 aliphatic rings. The topological polar surface area (TPSA) is 69.7 Å². The highest BCUT2D eigenvalue weighted by atomic mass is 16.5. The minimum Gasteiger partial charge on any atom is -0.469 e. The Balaban J connectivity index is 1.85. The number of fused-ring (bicyclic) bond motifs is 5. The number of ketones is 1. The lowest BCUT2D eigenvalue weighted by molar-refractivity contribution is -0.180. The molecule has 4 aliphatic carbocycles. The van der Waals surface area contributed by atoms with E-state index in [0.717, 1.165) is 50.5 Å². The van der Waals surface area contributed by atoms with E-state index < -0.39 is 16.8 Å². The summed E-state index contributed by atoms with van der Waals surface area (Å²) in [6.45, 7) is 13.1. The smallest absolute Gasteiger partial charge is 0.330 e. The van der Waals surface area contributed by atoms with Gasteiger partial charge in [0.1, 0.15) is 0 Å². The molecular weight excluding hydrogens is 440 g/mol. The average Bonchev–Trinajstić information content (AvgIpc) is 2.81. The van der Waals surface area contributed by atoms with Crippen molar-refractivity contribution < 1.29 is 23.9 Å². The molecule has 0 radical (unpaired) electrons. The lowest BCUT2D eigenvalue weighted by atomic mass is 9.34. The van der Waals surface area contributed by atoms with E-state index in [2.05, 4.69) is 40.7 Å². The standard InChI is InChI=1S/C30H42O5/c1-19(31)20-9-10-22-28(4,21(20)17-24(32)34-7)14-16-30(6)23-18-27(3,25(33)35-8)12-11-26(23,2)13-15-29(22,30)5/h9-10,17,23H,11-16,18H2,1-8H3/t23-,26-,27-,28+,29-,30+/m1/s1. The first-order valence-corrected chi connectivity index (χ1v) is 13.0. The van der Waals surface area contributed by atoms with Gasteiger partial charge in [0.25, 0.3) is 0 Å². The van der Waals surface area contributed by atoms with E-state index >= 15 is 0 Å². The van der Waals surface area contributed by atoms with E-state index in [9.17, 15) is 14.4 Å². The molecule has 0 saturated heterocycles. The van der Waals surface area contributed by atoms with Gasteiger partial charge in [0.05, 0.1) is 19.6 Å². The first-order chi connectivity index (χ1) is 16.2. The molecular formula is C30H42O5. The van der Waals surface area contributed by atoms with Crippen molar-refractivity contribution in [2.75, 3.05) is 14.2 Å². The zero-order valence-electron chi connectivity index (χ0n) is 22.8. The van der Waals surface area contributed by atoms with E-state index in [1.165, 1.54) is 25.9 Å². The summed E-state index contributed by atoms with van der Waals surface area (Å²) in [5, 5.41) is 0. The van der Waals surface area contributed by atoms with Gasteiger partial charge in [0, 0.05) is 17.1 Å². The van der Waals surface area contributed by atoms with Gasteiger partial charge in [-0.2, -0.15) is 0 Å². The van der Waals surface area contributed by atoms with Crippen LogP contribution in [0.5, 0.6) is 0 Å². The normalized spacial score (nSPS) is 43.7. The van der Waals surface area contributed by atoms with Crippen LogP contribution in [0, 0.1) is 33.0 Å². The quantitative estimate of drug-likeness (QED) is 0.357. The predicted molar refractivity (Wildman–Crippen MR) is 135 cm³/mol. The zero-order chi connectivity index (χ0) is 26.0. The Morgan fingerprint density at radius 1 is 0.886 bits per heavy atom. The number of hydrogen-bond donors (Lipinski definition) is 0. The lowest BCUT2D eigenvalue weighted by Crippen LogP contribution is -2.62. The highest BCUT2D eigenvalue weighted by Gasteiger charge is 2.67. The number of esters is 2. The Morgan fingerprint density at radius 3 is 2.14 bits per heavy atom. The predicted octanol–water partition coefficient (Wildman–Crippen LogP) is 6.13. The number of hydrogen-bond acceptors (Lipinski definition) is 5. The van der Waals surface area contributed by atoms with E-state index in [4.69, 9.17) is 9.47 Å². The van der Waals surface area contributed by atoms with Crippen molar-refractivity contribution >= 4 is 17.7 Å². The van der Waals surface area contributed by atoms with Crippen LogP contribution in [0.15, 0.2) is 34.9 Å². The van der Waals surface area contributed by atoms with Crippen molar-refractivity contribution in [3.63, 3.8) is 0 Å². The molecule has 0 amide bonds. The lowest BCUT2D eigenvalue weighted by Gasteiger charge is -2.69. The van der Waals surface area contributed by atoms with Crippen molar-refractivity contribution in [3.8, 4) is 0 Å². The van der Waals surface area contributed by atoms with Crippen LogP contribution in [-0.2, 0) is 23.9 Å². The maximum atomic E-state index is 12.8. The third kappa shape index (κ3) is 3.51. The van der Waals surface area contributed by atoms with Gasteiger partial charge >= 0.3 is 11.9 Å². The molecule has 4 rings (SSSR count). The van der Waals surface area contributed by atoms with Crippen molar-refractivity contribution in [2.24, 2.45) is 33.0 Å². The summed E-state index contributed by atoms with van der Waals surface area (Å²) in [5.41, 5.74) is 1.89. The summed E-state index contributed by atoms with van der Waals surface area (Å²) >= 11 is 0. The average molecular weight is 483 g/mol. The third-order valence-electron chi connectivity index (χ3n) is 11.1. The molecule has 0 aromatic carbocycles. The Morgan fingerprint density at radius 2 is 1.54 bits per heavy atom. The molecule has 3 fully saturated rings. The maximum absolute atomic E-state index is 12.8. The van der Waals surface area contributed by atoms with Gasteiger partial charge in [0.2, 0.25) is 0 Å². The molecule has 0 aromatic rings. The first-order valence-electron chi connectivity index (χ1n) is 13.0. The summed E-state index contributed by atoms with van der Waals surface area (Å²) in [5.74, 6) is -0.175. The summed E-state index contributed by atoms with van der Waals surface area (Å²) in [6.07, 6.45) is 12.4. The van der Waals surface area contributed by atoms with Crippen molar-refractivity contribution in [1.29, 1.82) is 0 Å². The van der Waals surface area contributed by atoms with Crippen LogP contribution in [0.2, 0.25) is 0 Å². The van der Waals surface area contributed by atoms with Crippen molar-refractivity contribution in [2.45, 2.75) is 86.5 Å². The van der Waals surface area contributed by atoms with Gasteiger partial charge in [-0.25, -0.2) is 4.79 Å². The molecule has 0 bridgehead atoms. The second kappa shape index (κ2) is 8.18. The monoisotopic (exact) mass is 482 g/mol. The summed E-state index contributed by atoms with van der Waals surface area (Å²) in [7, 11) is 2.88. The number of ether oxygens (including phenoxy) is 2. The second-order valence-electron chi connectivity index (χ2n) is 12.8. The molecule has 0 spiro atoms. The minimum atomic E-state index is -0.459. The van der Waals surface area contributed by atoms with Crippen LogP contribution in [0.1, 0.15) is 86.5 Å². The Bertz CT molecular complexity index is 1060. The molecule has 5 heteroatoms. The molecule has 0 heterocycles. The van der Waals surface area contributed by atoms with Crippen LogP contribution in [0.25, 0.3) is 0 Å². The second-order valence-corrected chi connectivity index (χ2v) is 12.8. The number of Topliss-reactive ketones (excluding diaryl/α,β-unsaturated/α-hetero) is 1. The van der Waals surface area contributed by atoms with Gasteiger partial charge in [-0.15, -0.1) is 0 Å². The van der Waals surface area contributed by atoms with Crippen LogP contribution >= 0.6 is 0 Å². The van der Waals surface area contributed by atoms with E-state index in [1.54, 1.807) is 6.92 Å². The van der Waals surface area contributed by atoms with Crippen LogP contribution < -0.4 is 0 Å². The highest BCUT2D eigenvalue weighted by molar-refractivity contribution is 6.01.